The van der Waals surface area contributed by atoms with Crippen molar-refractivity contribution >= 4 is 15.9 Å². The molecule has 23 heavy (non-hydrogen) atoms. The van der Waals surface area contributed by atoms with Crippen LogP contribution < -0.4 is 4.72 Å². The minimum absolute atomic E-state index is 0.109. The zero-order valence-electron chi connectivity index (χ0n) is 13.0. The maximum atomic E-state index is 12.4. The van der Waals surface area contributed by atoms with Crippen LogP contribution in [0.2, 0.25) is 0 Å². The zero-order chi connectivity index (χ0) is 17.0. The van der Waals surface area contributed by atoms with Crippen molar-refractivity contribution in [2.75, 3.05) is 6.61 Å². The number of nitrogens with zero attached hydrogens (tertiary/aromatic N) is 2. The minimum Gasteiger partial charge on any atom is -0.377 e. The number of ether oxygens (including phenoxy) is 1. The van der Waals surface area contributed by atoms with E-state index in [1.165, 1.54) is 12.3 Å². The predicted molar refractivity (Wildman–Crippen MR) is 81.6 cm³/mol. The maximum Gasteiger partial charge on any atom is 0.265 e. The van der Waals surface area contributed by atoms with Gasteiger partial charge in [0.1, 0.15) is 11.0 Å². The molecule has 1 amide bonds. The summed E-state index contributed by atoms with van der Waals surface area (Å²) in [4.78, 5) is 15.9. The van der Waals surface area contributed by atoms with E-state index in [-0.39, 0.29) is 22.5 Å². The van der Waals surface area contributed by atoms with E-state index in [4.69, 9.17) is 10.00 Å². The first-order chi connectivity index (χ1) is 10.8. The molecule has 0 saturated carbocycles. The fourth-order valence-electron chi connectivity index (χ4n) is 2.63. The molecule has 124 valence electrons. The summed E-state index contributed by atoms with van der Waals surface area (Å²) >= 11 is 0. The largest absolute Gasteiger partial charge is 0.377 e. The van der Waals surface area contributed by atoms with Gasteiger partial charge in [-0.25, -0.2) is 13.1 Å². The summed E-state index contributed by atoms with van der Waals surface area (Å²) in [7, 11) is -4.06. The minimum atomic E-state index is -4.06. The molecule has 2 heterocycles. The van der Waals surface area contributed by atoms with E-state index in [1.807, 2.05) is 19.9 Å². The molecule has 0 radical (unpaired) electrons. The van der Waals surface area contributed by atoms with Crippen LogP contribution in [-0.4, -0.2) is 32.0 Å². The highest BCUT2D eigenvalue weighted by atomic mass is 32.2. The third kappa shape index (κ3) is 4.06. The van der Waals surface area contributed by atoms with Gasteiger partial charge in [-0.1, -0.05) is 13.8 Å². The molecule has 2 atom stereocenters. The van der Waals surface area contributed by atoms with Gasteiger partial charge < -0.3 is 4.74 Å². The number of carbonyl (C=O) groups excluding carboxylic acids is 1. The lowest BCUT2D eigenvalue weighted by atomic mass is 9.87. The molecule has 1 aromatic heterocycles. The molecule has 1 aliphatic heterocycles. The lowest BCUT2D eigenvalue weighted by molar-refractivity contribution is -0.135. The molecular formula is C15H19N3O4S. The van der Waals surface area contributed by atoms with E-state index in [2.05, 4.69) is 9.71 Å². The Bertz CT molecular complexity index is 724. The Balaban J connectivity index is 2.19. The standard InChI is InChI=1S/C15H19N3O4S/c1-10(2)14-13(4-3-5-22-14)15(19)18-23(20,21)12-6-11(7-16)8-17-9-12/h6,8-10,13-14H,3-5H2,1-2H3,(H,18,19)/t13-,14-/m0/s1. The van der Waals surface area contributed by atoms with E-state index >= 15 is 0 Å². The number of carbonyl (C=O) groups is 1. The summed E-state index contributed by atoms with van der Waals surface area (Å²) in [6.45, 7) is 4.45. The number of amides is 1. The third-order valence-corrected chi connectivity index (χ3v) is 5.06. The van der Waals surface area contributed by atoms with E-state index in [1.54, 1.807) is 0 Å². The highest BCUT2D eigenvalue weighted by molar-refractivity contribution is 7.90. The second-order valence-electron chi connectivity index (χ2n) is 5.82. The second-order valence-corrected chi connectivity index (χ2v) is 7.50. The van der Waals surface area contributed by atoms with Crippen molar-refractivity contribution < 1.29 is 17.9 Å². The van der Waals surface area contributed by atoms with Crippen molar-refractivity contribution in [3.8, 4) is 6.07 Å². The van der Waals surface area contributed by atoms with Gasteiger partial charge in [0.25, 0.3) is 10.0 Å². The molecular weight excluding hydrogens is 318 g/mol. The van der Waals surface area contributed by atoms with Crippen LogP contribution in [-0.2, 0) is 19.6 Å². The summed E-state index contributed by atoms with van der Waals surface area (Å²) < 4.78 is 32.3. The average Bonchev–Trinajstić information content (AvgIpc) is 2.54. The van der Waals surface area contributed by atoms with Crippen molar-refractivity contribution in [1.82, 2.24) is 9.71 Å². The van der Waals surface area contributed by atoms with E-state index < -0.39 is 21.8 Å². The highest BCUT2D eigenvalue weighted by Gasteiger charge is 2.35. The SMILES string of the molecule is CC(C)[C@@H]1OCCC[C@@H]1C(=O)NS(=O)(=O)c1cncc(C#N)c1. The molecule has 1 fully saturated rings. The third-order valence-electron chi connectivity index (χ3n) is 3.75. The van der Waals surface area contributed by atoms with E-state index in [9.17, 15) is 13.2 Å². The number of nitrogens with one attached hydrogen (secondary N) is 1. The van der Waals surface area contributed by atoms with Crippen LogP contribution in [0.5, 0.6) is 0 Å². The van der Waals surface area contributed by atoms with Crippen LogP contribution in [0, 0.1) is 23.2 Å². The lowest BCUT2D eigenvalue weighted by Crippen LogP contribution is -2.45. The molecule has 1 aromatic rings. The number of rotatable bonds is 4. The molecule has 0 aromatic carbocycles. The smallest absolute Gasteiger partial charge is 0.265 e. The number of aromatic nitrogens is 1. The van der Waals surface area contributed by atoms with Crippen LogP contribution in [0.1, 0.15) is 32.3 Å². The number of nitriles is 1. The Kier molecular flexibility index (Phi) is 5.34. The monoisotopic (exact) mass is 337 g/mol. The first-order valence-corrected chi connectivity index (χ1v) is 8.87. The van der Waals surface area contributed by atoms with Crippen LogP contribution in [0.15, 0.2) is 23.4 Å². The molecule has 2 rings (SSSR count). The zero-order valence-corrected chi connectivity index (χ0v) is 13.8. The first kappa shape index (κ1) is 17.4. The quantitative estimate of drug-likeness (QED) is 0.884. The van der Waals surface area contributed by atoms with Gasteiger partial charge in [0.05, 0.1) is 17.6 Å². The Labute approximate surface area is 135 Å². The first-order valence-electron chi connectivity index (χ1n) is 7.38. The van der Waals surface area contributed by atoms with Crippen LogP contribution in [0.25, 0.3) is 0 Å². The highest BCUT2D eigenvalue weighted by Crippen LogP contribution is 2.27. The molecule has 0 spiro atoms. The molecule has 8 heteroatoms. The van der Waals surface area contributed by atoms with Gasteiger partial charge in [-0.3, -0.25) is 9.78 Å². The Hall–Kier alpha value is -1.98. The molecule has 0 unspecified atom stereocenters. The summed E-state index contributed by atoms with van der Waals surface area (Å²) in [5.41, 5.74) is 0.112. The van der Waals surface area contributed by atoms with E-state index in [0.29, 0.717) is 19.4 Å². The number of hydrogen-bond acceptors (Lipinski definition) is 6. The average molecular weight is 337 g/mol. The molecule has 1 N–H and O–H groups in total. The summed E-state index contributed by atoms with van der Waals surface area (Å²) in [5, 5.41) is 8.82. The fourth-order valence-corrected chi connectivity index (χ4v) is 3.65. The van der Waals surface area contributed by atoms with Crippen molar-refractivity contribution in [2.45, 2.75) is 37.7 Å². The van der Waals surface area contributed by atoms with Crippen molar-refractivity contribution in [2.24, 2.45) is 11.8 Å². The van der Waals surface area contributed by atoms with Gasteiger partial charge in [-0.2, -0.15) is 5.26 Å². The van der Waals surface area contributed by atoms with Gasteiger partial charge in [0.15, 0.2) is 0 Å². The number of sulfonamides is 1. The van der Waals surface area contributed by atoms with Crippen LogP contribution in [0.3, 0.4) is 0 Å². The molecule has 0 aliphatic carbocycles. The molecule has 1 saturated heterocycles. The Morgan fingerprint density at radius 1 is 1.48 bits per heavy atom. The van der Waals surface area contributed by atoms with Crippen molar-refractivity contribution in [3.63, 3.8) is 0 Å². The predicted octanol–water partition coefficient (Wildman–Crippen LogP) is 1.21. The fraction of sp³-hybridized carbons (Fsp3) is 0.533. The lowest BCUT2D eigenvalue weighted by Gasteiger charge is -2.33. The maximum absolute atomic E-state index is 12.4. The molecule has 0 bridgehead atoms. The van der Waals surface area contributed by atoms with Crippen molar-refractivity contribution in [1.29, 1.82) is 5.26 Å². The Morgan fingerprint density at radius 2 is 2.22 bits per heavy atom. The van der Waals surface area contributed by atoms with Crippen LogP contribution >= 0.6 is 0 Å². The second kappa shape index (κ2) is 7.06. The number of hydrogen-bond donors (Lipinski definition) is 1. The summed E-state index contributed by atoms with van der Waals surface area (Å²) in [6.07, 6.45) is 3.36. The Morgan fingerprint density at radius 3 is 2.87 bits per heavy atom. The summed E-state index contributed by atoms with van der Waals surface area (Å²) in [5.74, 6) is -0.978. The number of pyridine rings is 1. The molecule has 7 nitrogen and oxygen atoms in total. The van der Waals surface area contributed by atoms with Crippen molar-refractivity contribution in [3.05, 3.63) is 24.0 Å². The van der Waals surface area contributed by atoms with Gasteiger partial charge in [-0.15, -0.1) is 0 Å². The summed E-state index contributed by atoms with van der Waals surface area (Å²) in [6, 6.07) is 3.00. The van der Waals surface area contributed by atoms with E-state index in [0.717, 1.165) is 6.20 Å². The van der Waals surface area contributed by atoms with Gasteiger partial charge in [0, 0.05) is 19.0 Å². The molecule has 1 aliphatic rings. The van der Waals surface area contributed by atoms with Gasteiger partial charge >= 0.3 is 0 Å². The van der Waals surface area contributed by atoms with Gasteiger partial charge in [0.2, 0.25) is 5.91 Å². The normalized spacial score (nSPS) is 21.7. The topological polar surface area (TPSA) is 109 Å². The van der Waals surface area contributed by atoms with Crippen LogP contribution in [0.4, 0.5) is 0 Å². The van der Waals surface area contributed by atoms with Gasteiger partial charge in [-0.05, 0) is 24.8 Å².